The molecule has 1 aromatic heterocycles. The summed E-state index contributed by atoms with van der Waals surface area (Å²) in [5.74, 6) is 0.158. The Balaban J connectivity index is 1.75. The van der Waals surface area contributed by atoms with Crippen molar-refractivity contribution in [2.45, 2.75) is 12.8 Å². The first-order valence-electron chi connectivity index (χ1n) is 5.65. The topological polar surface area (TPSA) is 53.5 Å². The molecule has 1 aliphatic heterocycles. The van der Waals surface area contributed by atoms with Gasteiger partial charge in [-0.15, -0.1) is 11.3 Å². The first kappa shape index (κ1) is 12.0. The summed E-state index contributed by atoms with van der Waals surface area (Å²) in [4.78, 5) is 30.1. The molecule has 2 amide bonds. The third-order valence-corrected chi connectivity index (χ3v) is 3.69. The highest BCUT2D eigenvalue weighted by Gasteiger charge is 2.19. The molecule has 5 nitrogen and oxygen atoms in total. The number of thiazole rings is 1. The molecule has 0 unspecified atom stereocenters. The van der Waals surface area contributed by atoms with E-state index in [2.05, 4.69) is 4.98 Å². The summed E-state index contributed by atoms with van der Waals surface area (Å²) in [6, 6.07) is 0. The molecule has 0 atom stereocenters. The minimum absolute atomic E-state index is 0.158. The van der Waals surface area contributed by atoms with Gasteiger partial charge in [0, 0.05) is 50.6 Å². The zero-order valence-electron chi connectivity index (χ0n) is 9.54. The summed E-state index contributed by atoms with van der Waals surface area (Å²) in [6.07, 6.45) is 3.82. The molecule has 1 fully saturated rings. The lowest BCUT2D eigenvalue weighted by Gasteiger charge is -2.32. The third kappa shape index (κ3) is 3.26. The second kappa shape index (κ2) is 5.77. The molecular formula is C11H15N3O2S. The van der Waals surface area contributed by atoms with Crippen LogP contribution in [0.15, 0.2) is 11.6 Å². The van der Waals surface area contributed by atoms with Crippen molar-refractivity contribution in [1.29, 1.82) is 0 Å². The predicted molar refractivity (Wildman–Crippen MR) is 64.7 cm³/mol. The number of rotatable bonds is 4. The van der Waals surface area contributed by atoms with Crippen molar-refractivity contribution in [3.63, 3.8) is 0 Å². The fourth-order valence-electron chi connectivity index (χ4n) is 1.83. The second-order valence-electron chi connectivity index (χ2n) is 3.95. The van der Waals surface area contributed by atoms with E-state index in [1.54, 1.807) is 22.4 Å². The van der Waals surface area contributed by atoms with Crippen molar-refractivity contribution in [2.24, 2.45) is 0 Å². The smallest absolute Gasteiger partial charge is 0.223 e. The van der Waals surface area contributed by atoms with Gasteiger partial charge in [-0.05, 0) is 0 Å². The molecule has 1 saturated heterocycles. The zero-order chi connectivity index (χ0) is 12.1. The van der Waals surface area contributed by atoms with Crippen molar-refractivity contribution in [3.8, 4) is 0 Å². The number of carbonyl (C=O) groups is 2. The maximum Gasteiger partial charge on any atom is 0.223 e. The molecule has 6 heteroatoms. The highest BCUT2D eigenvalue weighted by molar-refractivity contribution is 7.09. The van der Waals surface area contributed by atoms with Crippen LogP contribution in [0, 0.1) is 0 Å². The van der Waals surface area contributed by atoms with Crippen LogP contribution in [0.4, 0.5) is 0 Å². The molecule has 0 N–H and O–H groups in total. The van der Waals surface area contributed by atoms with Gasteiger partial charge in [-0.2, -0.15) is 0 Å². The molecule has 92 valence electrons. The van der Waals surface area contributed by atoms with E-state index in [1.807, 2.05) is 10.3 Å². The molecule has 0 spiro atoms. The number of aromatic nitrogens is 1. The van der Waals surface area contributed by atoms with Crippen molar-refractivity contribution in [2.75, 3.05) is 26.2 Å². The molecule has 1 aromatic rings. The van der Waals surface area contributed by atoms with Gasteiger partial charge in [0.25, 0.3) is 0 Å². The van der Waals surface area contributed by atoms with Crippen LogP contribution in [-0.2, 0) is 16.0 Å². The Morgan fingerprint density at radius 1 is 1.41 bits per heavy atom. The summed E-state index contributed by atoms with van der Waals surface area (Å²) in [5.41, 5.74) is 0. The predicted octanol–water partition coefficient (Wildman–Crippen LogP) is 0.376. The van der Waals surface area contributed by atoms with Gasteiger partial charge in [0.1, 0.15) is 0 Å². The van der Waals surface area contributed by atoms with Crippen LogP contribution >= 0.6 is 11.3 Å². The van der Waals surface area contributed by atoms with E-state index in [-0.39, 0.29) is 5.91 Å². The van der Waals surface area contributed by atoms with Crippen molar-refractivity contribution >= 4 is 23.7 Å². The SMILES string of the molecule is O=CN1CCN(C(=O)CCc2nccs2)CC1. The Kier molecular flexibility index (Phi) is 4.08. The molecule has 17 heavy (non-hydrogen) atoms. The minimum atomic E-state index is 0.158. The largest absolute Gasteiger partial charge is 0.342 e. The summed E-state index contributed by atoms with van der Waals surface area (Å²) >= 11 is 1.58. The van der Waals surface area contributed by atoms with Crippen molar-refractivity contribution < 1.29 is 9.59 Å². The van der Waals surface area contributed by atoms with Crippen molar-refractivity contribution in [1.82, 2.24) is 14.8 Å². The van der Waals surface area contributed by atoms with Gasteiger partial charge in [-0.3, -0.25) is 9.59 Å². The van der Waals surface area contributed by atoms with E-state index in [4.69, 9.17) is 0 Å². The second-order valence-corrected chi connectivity index (χ2v) is 4.93. The molecule has 0 aromatic carbocycles. The Labute approximate surface area is 104 Å². The number of hydrogen-bond acceptors (Lipinski definition) is 4. The first-order chi connectivity index (χ1) is 8.29. The van der Waals surface area contributed by atoms with Crippen LogP contribution in [-0.4, -0.2) is 53.3 Å². The van der Waals surface area contributed by atoms with Gasteiger partial charge in [0.15, 0.2) is 0 Å². The van der Waals surface area contributed by atoms with E-state index in [9.17, 15) is 9.59 Å². The van der Waals surface area contributed by atoms with Crippen LogP contribution in [0.3, 0.4) is 0 Å². The van der Waals surface area contributed by atoms with Gasteiger partial charge in [0.05, 0.1) is 5.01 Å². The quantitative estimate of drug-likeness (QED) is 0.729. The van der Waals surface area contributed by atoms with Crippen LogP contribution in [0.1, 0.15) is 11.4 Å². The Morgan fingerprint density at radius 3 is 2.76 bits per heavy atom. The van der Waals surface area contributed by atoms with E-state index >= 15 is 0 Å². The minimum Gasteiger partial charge on any atom is -0.342 e. The average Bonchev–Trinajstić information content (AvgIpc) is 2.89. The maximum absolute atomic E-state index is 11.9. The van der Waals surface area contributed by atoms with Gasteiger partial charge in [-0.25, -0.2) is 4.98 Å². The molecule has 2 rings (SSSR count). The van der Waals surface area contributed by atoms with Gasteiger partial charge < -0.3 is 9.80 Å². The average molecular weight is 253 g/mol. The highest BCUT2D eigenvalue weighted by Crippen LogP contribution is 2.09. The lowest BCUT2D eigenvalue weighted by Crippen LogP contribution is -2.48. The summed E-state index contributed by atoms with van der Waals surface area (Å²) in [6.45, 7) is 2.59. The molecule has 2 heterocycles. The zero-order valence-corrected chi connectivity index (χ0v) is 10.4. The number of nitrogens with zero attached hydrogens (tertiary/aromatic N) is 3. The van der Waals surface area contributed by atoms with E-state index in [0.29, 0.717) is 39.0 Å². The van der Waals surface area contributed by atoms with Gasteiger partial charge in [0.2, 0.25) is 12.3 Å². The van der Waals surface area contributed by atoms with E-state index < -0.39 is 0 Å². The number of hydrogen-bond donors (Lipinski definition) is 0. The number of amides is 2. The van der Waals surface area contributed by atoms with Crippen LogP contribution in [0.25, 0.3) is 0 Å². The number of carbonyl (C=O) groups excluding carboxylic acids is 2. The normalized spacial score (nSPS) is 16.0. The van der Waals surface area contributed by atoms with E-state index in [1.165, 1.54) is 0 Å². The summed E-state index contributed by atoms with van der Waals surface area (Å²) < 4.78 is 0. The molecule has 1 aliphatic rings. The fourth-order valence-corrected chi connectivity index (χ4v) is 2.45. The van der Waals surface area contributed by atoms with Crippen LogP contribution < -0.4 is 0 Å². The van der Waals surface area contributed by atoms with Gasteiger partial charge >= 0.3 is 0 Å². The lowest BCUT2D eigenvalue weighted by molar-refractivity contribution is -0.135. The van der Waals surface area contributed by atoms with Crippen LogP contribution in [0.2, 0.25) is 0 Å². The fraction of sp³-hybridized carbons (Fsp3) is 0.545. The Bertz CT molecular complexity index is 372. The molecule has 0 bridgehead atoms. The monoisotopic (exact) mass is 253 g/mol. The van der Waals surface area contributed by atoms with E-state index in [0.717, 1.165) is 11.4 Å². The number of piperazine rings is 1. The molecule has 0 radical (unpaired) electrons. The Hall–Kier alpha value is -1.43. The first-order valence-corrected chi connectivity index (χ1v) is 6.53. The summed E-state index contributed by atoms with van der Waals surface area (Å²) in [7, 11) is 0. The summed E-state index contributed by atoms with van der Waals surface area (Å²) in [5, 5.41) is 2.92. The molecular weight excluding hydrogens is 238 g/mol. The standard InChI is InChI=1S/C11H15N3O2S/c15-9-13-4-6-14(7-5-13)11(16)2-1-10-12-3-8-17-10/h3,8-9H,1-2,4-7H2. The highest BCUT2D eigenvalue weighted by atomic mass is 32.1. The number of aryl methyl sites for hydroxylation is 1. The molecule has 0 aliphatic carbocycles. The van der Waals surface area contributed by atoms with Gasteiger partial charge in [-0.1, -0.05) is 0 Å². The third-order valence-electron chi connectivity index (χ3n) is 2.85. The molecule has 0 saturated carbocycles. The lowest BCUT2D eigenvalue weighted by atomic mass is 10.2. The van der Waals surface area contributed by atoms with Crippen molar-refractivity contribution in [3.05, 3.63) is 16.6 Å². The maximum atomic E-state index is 11.9. The Morgan fingerprint density at radius 2 is 2.18 bits per heavy atom. The van der Waals surface area contributed by atoms with Crippen LogP contribution in [0.5, 0.6) is 0 Å².